The number of fused-ring (bicyclic) bond motifs is 7. The van der Waals surface area contributed by atoms with Crippen LogP contribution in [-0.2, 0) is 17.8 Å². The van der Waals surface area contributed by atoms with Crippen LogP contribution in [0.2, 0.25) is 0 Å². The fourth-order valence-electron chi connectivity index (χ4n) is 13.0. The minimum absolute atomic E-state index is 0.0287. The standard InChI is InChI=1S/C43H58N2O5/c1-40(2)34-17-21-41(3)32-16-23-43(20-6-9-33(43)31(32)14-15-35(41)42(34,4)22-18-36(40)46)39(50)45-26-28-7-5-8-30(25-28)37(47)44-24-19-27-10-12-29(13-11-27)38(48)49/h5,7-8,10-13,25,31-36,46H,6,9,14-24,26H2,1-4H3,(H,44,47)(H,45,50)(H,48,49). The lowest BCUT2D eigenvalue weighted by atomic mass is 9.36. The van der Waals surface area contributed by atoms with Crippen LogP contribution >= 0.6 is 0 Å². The van der Waals surface area contributed by atoms with Crippen molar-refractivity contribution in [1.82, 2.24) is 10.6 Å². The summed E-state index contributed by atoms with van der Waals surface area (Å²) in [5, 5.41) is 26.4. The summed E-state index contributed by atoms with van der Waals surface area (Å²) in [6.07, 6.45) is 12.9. The number of carboxylic acid groups (broad SMARTS) is 1. The van der Waals surface area contributed by atoms with Gasteiger partial charge < -0.3 is 20.8 Å². The molecule has 270 valence electrons. The Morgan fingerprint density at radius 3 is 2.26 bits per heavy atom. The van der Waals surface area contributed by atoms with Crippen molar-refractivity contribution in [3.63, 3.8) is 0 Å². The Kier molecular flexibility index (Phi) is 9.23. The molecule has 5 aliphatic rings. The number of aliphatic hydroxyl groups excluding tert-OH is 1. The third kappa shape index (κ3) is 5.80. The normalized spacial score (nSPS) is 37.0. The van der Waals surface area contributed by atoms with Gasteiger partial charge in [-0.1, -0.05) is 58.4 Å². The van der Waals surface area contributed by atoms with E-state index in [0.717, 1.165) is 56.1 Å². The molecule has 5 aliphatic carbocycles. The topological polar surface area (TPSA) is 116 Å². The number of carboxylic acids is 1. The number of aromatic carboxylic acids is 1. The molecule has 0 aromatic heterocycles. The first-order valence-electron chi connectivity index (χ1n) is 19.5. The van der Waals surface area contributed by atoms with Gasteiger partial charge in [0.2, 0.25) is 5.91 Å². The second-order valence-electron chi connectivity index (χ2n) is 18.0. The van der Waals surface area contributed by atoms with Crippen molar-refractivity contribution in [3.8, 4) is 0 Å². The van der Waals surface area contributed by atoms with Crippen LogP contribution in [0.15, 0.2) is 48.5 Å². The Hall–Kier alpha value is -3.19. The molecule has 7 nitrogen and oxygen atoms in total. The number of aliphatic hydroxyl groups is 1. The van der Waals surface area contributed by atoms with Gasteiger partial charge in [0.15, 0.2) is 0 Å². The molecule has 7 heteroatoms. The third-order valence-corrected chi connectivity index (χ3v) is 15.5. The van der Waals surface area contributed by atoms with Gasteiger partial charge in [0, 0.05) is 18.7 Å². The lowest BCUT2D eigenvalue weighted by Crippen LogP contribution is -2.63. The van der Waals surface area contributed by atoms with Crippen molar-refractivity contribution < 1.29 is 24.6 Å². The highest BCUT2D eigenvalue weighted by Crippen LogP contribution is 2.73. The molecule has 0 radical (unpaired) electrons. The number of hydrogen-bond donors (Lipinski definition) is 4. The fourth-order valence-corrected chi connectivity index (χ4v) is 13.0. The molecule has 7 rings (SSSR count). The Morgan fingerprint density at radius 1 is 0.740 bits per heavy atom. The molecule has 9 unspecified atom stereocenters. The van der Waals surface area contributed by atoms with Crippen molar-refractivity contribution in [2.75, 3.05) is 6.54 Å². The number of benzene rings is 2. The second-order valence-corrected chi connectivity index (χ2v) is 18.0. The van der Waals surface area contributed by atoms with Crippen LogP contribution in [0.1, 0.15) is 130 Å². The first-order valence-corrected chi connectivity index (χ1v) is 19.5. The molecule has 0 bridgehead atoms. The number of hydrogen-bond acceptors (Lipinski definition) is 4. The SMILES string of the molecule is CC1(C)C(O)CCC2(C)C1CCC1(C)C3CCC4(C(=O)NCc5cccc(C(=O)NCCc6ccc(C(=O)O)cc6)c5)CCCC4C3CCC12. The third-order valence-electron chi connectivity index (χ3n) is 15.5. The number of nitrogens with one attached hydrogen (secondary N) is 2. The molecule has 50 heavy (non-hydrogen) atoms. The lowest BCUT2D eigenvalue weighted by molar-refractivity contribution is -0.214. The zero-order chi connectivity index (χ0) is 35.5. The summed E-state index contributed by atoms with van der Waals surface area (Å²) >= 11 is 0. The molecule has 0 heterocycles. The van der Waals surface area contributed by atoms with Gasteiger partial charge in [0.05, 0.1) is 17.1 Å². The Labute approximate surface area is 298 Å². The summed E-state index contributed by atoms with van der Waals surface area (Å²) in [5.41, 5.74) is 2.99. The maximum Gasteiger partial charge on any atom is 0.335 e. The average molecular weight is 683 g/mol. The van der Waals surface area contributed by atoms with Gasteiger partial charge in [0.1, 0.15) is 0 Å². The second kappa shape index (κ2) is 13.1. The Balaban J connectivity index is 0.978. The minimum atomic E-state index is -0.953. The highest BCUT2D eigenvalue weighted by atomic mass is 16.4. The molecule has 9 atom stereocenters. The van der Waals surface area contributed by atoms with Gasteiger partial charge in [-0.05, 0) is 152 Å². The van der Waals surface area contributed by atoms with Crippen LogP contribution in [0.25, 0.3) is 0 Å². The average Bonchev–Trinajstić information content (AvgIpc) is 3.55. The van der Waals surface area contributed by atoms with Crippen molar-refractivity contribution in [2.24, 2.45) is 51.2 Å². The van der Waals surface area contributed by atoms with Crippen LogP contribution in [0.4, 0.5) is 0 Å². The summed E-state index contributed by atoms with van der Waals surface area (Å²) in [6.45, 7) is 10.7. The van der Waals surface area contributed by atoms with Gasteiger partial charge in [0.25, 0.3) is 5.91 Å². The molecule has 0 spiro atoms. The zero-order valence-electron chi connectivity index (χ0n) is 30.6. The molecule has 2 aromatic carbocycles. The van der Waals surface area contributed by atoms with Crippen molar-refractivity contribution in [1.29, 1.82) is 0 Å². The van der Waals surface area contributed by atoms with Crippen molar-refractivity contribution in [2.45, 2.75) is 117 Å². The molecule has 0 aliphatic heterocycles. The van der Waals surface area contributed by atoms with E-state index in [1.54, 1.807) is 30.3 Å². The molecule has 2 amide bonds. The van der Waals surface area contributed by atoms with Crippen LogP contribution in [0, 0.1) is 51.2 Å². The monoisotopic (exact) mass is 682 g/mol. The van der Waals surface area contributed by atoms with E-state index >= 15 is 0 Å². The smallest absolute Gasteiger partial charge is 0.335 e. The van der Waals surface area contributed by atoms with E-state index in [1.165, 1.54) is 25.7 Å². The Bertz CT molecular complexity index is 1620. The molecule has 5 fully saturated rings. The fraction of sp³-hybridized carbons (Fsp3) is 0.651. The van der Waals surface area contributed by atoms with E-state index in [9.17, 15) is 19.5 Å². The quantitative estimate of drug-likeness (QED) is 0.227. The van der Waals surface area contributed by atoms with E-state index < -0.39 is 5.97 Å². The first-order chi connectivity index (χ1) is 23.8. The molecule has 5 saturated carbocycles. The van der Waals surface area contributed by atoms with E-state index in [4.69, 9.17) is 5.11 Å². The van der Waals surface area contributed by atoms with Gasteiger partial charge in [-0.15, -0.1) is 0 Å². The summed E-state index contributed by atoms with van der Waals surface area (Å²) < 4.78 is 0. The molecule has 2 aromatic rings. The number of amides is 2. The highest BCUT2D eigenvalue weighted by Gasteiger charge is 2.67. The maximum absolute atomic E-state index is 14.3. The van der Waals surface area contributed by atoms with Crippen LogP contribution in [0.3, 0.4) is 0 Å². The van der Waals surface area contributed by atoms with Gasteiger partial charge in [-0.3, -0.25) is 9.59 Å². The molecule has 0 saturated heterocycles. The van der Waals surface area contributed by atoms with E-state index in [0.29, 0.717) is 60.1 Å². The predicted octanol–water partition coefficient (Wildman–Crippen LogP) is 7.80. The van der Waals surface area contributed by atoms with Gasteiger partial charge >= 0.3 is 5.97 Å². The van der Waals surface area contributed by atoms with Gasteiger partial charge in [-0.2, -0.15) is 0 Å². The molecular weight excluding hydrogens is 624 g/mol. The molecule has 4 N–H and O–H groups in total. The number of rotatable bonds is 8. The minimum Gasteiger partial charge on any atom is -0.478 e. The van der Waals surface area contributed by atoms with E-state index in [1.807, 2.05) is 18.2 Å². The summed E-state index contributed by atoms with van der Waals surface area (Å²) in [5.74, 6) is 2.11. The van der Waals surface area contributed by atoms with Crippen molar-refractivity contribution in [3.05, 3.63) is 70.8 Å². The van der Waals surface area contributed by atoms with Crippen LogP contribution < -0.4 is 10.6 Å². The molecular formula is C43H58N2O5. The highest BCUT2D eigenvalue weighted by molar-refractivity contribution is 5.94. The number of carbonyl (C=O) groups is 3. The first kappa shape index (κ1) is 35.2. The van der Waals surface area contributed by atoms with Gasteiger partial charge in [-0.25, -0.2) is 4.79 Å². The summed E-state index contributed by atoms with van der Waals surface area (Å²) in [6, 6.07) is 14.3. The summed E-state index contributed by atoms with van der Waals surface area (Å²) in [4.78, 5) is 38.3. The van der Waals surface area contributed by atoms with Crippen LogP contribution in [-0.4, -0.2) is 40.6 Å². The van der Waals surface area contributed by atoms with E-state index in [-0.39, 0.29) is 39.7 Å². The largest absolute Gasteiger partial charge is 0.478 e. The number of carbonyl (C=O) groups excluding carboxylic acids is 2. The summed E-state index contributed by atoms with van der Waals surface area (Å²) in [7, 11) is 0. The van der Waals surface area contributed by atoms with Crippen molar-refractivity contribution >= 4 is 17.8 Å². The lowest BCUT2D eigenvalue weighted by Gasteiger charge is -2.69. The predicted molar refractivity (Wildman–Crippen MR) is 194 cm³/mol. The van der Waals surface area contributed by atoms with Crippen LogP contribution in [0.5, 0.6) is 0 Å². The maximum atomic E-state index is 14.3. The van der Waals surface area contributed by atoms with E-state index in [2.05, 4.69) is 38.3 Å². The zero-order valence-corrected chi connectivity index (χ0v) is 30.6. The Morgan fingerprint density at radius 2 is 1.50 bits per heavy atom.